The van der Waals surface area contributed by atoms with Gasteiger partial charge in [0.1, 0.15) is 0 Å². The number of benzene rings is 1. The van der Waals surface area contributed by atoms with Gasteiger partial charge < -0.3 is 0 Å². The van der Waals surface area contributed by atoms with Crippen molar-refractivity contribution in [3.8, 4) is 0 Å². The number of hydrogen-bond donors (Lipinski definition) is 1. The normalized spacial score (nSPS) is 19.1. The molecular formula is C10H11NOSe. The molecule has 1 aromatic carbocycles. The maximum atomic E-state index is 11.6. The van der Waals surface area contributed by atoms with Crippen LogP contribution in [0.4, 0.5) is 0 Å². The van der Waals surface area contributed by atoms with E-state index in [9.17, 15) is 4.79 Å². The molecule has 3 heteroatoms. The Hall–Kier alpha value is -0.791. The number of amides is 1. The number of carbonyl (C=O) groups is 1. The summed E-state index contributed by atoms with van der Waals surface area (Å²) in [5.74, 6) is 0.145. The summed E-state index contributed by atoms with van der Waals surface area (Å²) in [6.07, 6.45) is 0. The first kappa shape index (κ1) is 8.79. The number of carbonyl (C=O) groups excluding carboxylic acids is 1. The zero-order valence-electron chi connectivity index (χ0n) is 7.63. The Morgan fingerprint density at radius 1 is 1.31 bits per heavy atom. The molecule has 0 fully saturated rings. The van der Waals surface area contributed by atoms with Crippen molar-refractivity contribution in [1.29, 1.82) is 0 Å². The number of rotatable bonds is 0. The van der Waals surface area contributed by atoms with Gasteiger partial charge in [0.25, 0.3) is 0 Å². The molecule has 13 heavy (non-hydrogen) atoms. The van der Waals surface area contributed by atoms with E-state index in [4.69, 9.17) is 0 Å². The summed E-state index contributed by atoms with van der Waals surface area (Å²) in [6, 6.07) is 8.16. The van der Waals surface area contributed by atoms with Crippen LogP contribution in [0, 0.1) is 0 Å². The molecule has 0 atom stereocenters. The number of fused-ring (bicyclic) bond motifs is 1. The third kappa shape index (κ3) is 1.28. The predicted octanol–water partition coefficient (Wildman–Crippen LogP) is 0.338. The summed E-state index contributed by atoms with van der Waals surface area (Å²) < 4.78 is 4.24. The van der Waals surface area contributed by atoms with Crippen LogP contribution in [0.25, 0.3) is 0 Å². The van der Waals surface area contributed by atoms with E-state index in [1.807, 2.05) is 26.0 Å². The van der Waals surface area contributed by atoms with Gasteiger partial charge in [-0.2, -0.15) is 0 Å². The van der Waals surface area contributed by atoms with E-state index in [0.717, 1.165) is 0 Å². The average molecular weight is 240 g/mol. The summed E-state index contributed by atoms with van der Waals surface area (Å²) in [7, 11) is 0. The monoisotopic (exact) mass is 241 g/mol. The fraction of sp³-hybridized carbons (Fsp3) is 0.300. The van der Waals surface area contributed by atoms with Gasteiger partial charge >= 0.3 is 83.8 Å². The van der Waals surface area contributed by atoms with Crippen LogP contribution in [0.3, 0.4) is 0 Å². The number of hydrogen-bond acceptors (Lipinski definition) is 1. The molecule has 0 saturated carbocycles. The van der Waals surface area contributed by atoms with Crippen LogP contribution in [0.1, 0.15) is 19.4 Å². The van der Waals surface area contributed by atoms with Crippen molar-refractivity contribution in [2.45, 2.75) is 19.3 Å². The molecule has 0 spiro atoms. The summed E-state index contributed by atoms with van der Waals surface area (Å²) in [6.45, 7) is 3.94. The molecule has 1 aliphatic heterocycles. The fourth-order valence-electron chi connectivity index (χ4n) is 1.42. The maximum absolute atomic E-state index is 11.6. The average Bonchev–Trinajstić information content (AvgIpc) is 2.13. The first-order chi connectivity index (χ1) is 6.12. The van der Waals surface area contributed by atoms with Crippen LogP contribution in [0.2, 0.25) is 0 Å². The number of nitrogens with one attached hydrogen (secondary N) is 1. The molecule has 0 saturated heterocycles. The van der Waals surface area contributed by atoms with Crippen LogP contribution >= 0.6 is 0 Å². The van der Waals surface area contributed by atoms with Crippen LogP contribution in [0.15, 0.2) is 24.3 Å². The molecule has 1 N–H and O–H groups in total. The molecule has 68 valence electrons. The third-order valence-corrected chi connectivity index (χ3v) is 4.19. The molecule has 0 aromatic heterocycles. The van der Waals surface area contributed by atoms with Gasteiger partial charge in [0.15, 0.2) is 0 Å². The molecule has 0 bridgehead atoms. The Morgan fingerprint density at radius 3 is 2.77 bits per heavy atom. The SMILES string of the molecule is CC1(C)C(=O)N[Se]c2ccccc21. The Kier molecular flexibility index (Phi) is 1.93. The summed E-state index contributed by atoms with van der Waals surface area (Å²) in [4.78, 5) is 11.6. The second-order valence-corrected chi connectivity index (χ2v) is 5.43. The molecule has 1 amide bonds. The van der Waals surface area contributed by atoms with Crippen molar-refractivity contribution in [3.05, 3.63) is 29.8 Å². The Labute approximate surface area is 84.1 Å². The molecular weight excluding hydrogens is 229 g/mol. The van der Waals surface area contributed by atoms with Crippen LogP contribution < -0.4 is 8.79 Å². The van der Waals surface area contributed by atoms with Crippen LogP contribution in [-0.2, 0) is 10.2 Å². The predicted molar refractivity (Wildman–Crippen MR) is 53.0 cm³/mol. The van der Waals surface area contributed by atoms with Gasteiger partial charge in [-0.05, 0) is 0 Å². The topological polar surface area (TPSA) is 29.1 Å². The van der Waals surface area contributed by atoms with Crippen LogP contribution in [0.5, 0.6) is 0 Å². The molecule has 0 radical (unpaired) electrons. The van der Waals surface area contributed by atoms with E-state index < -0.39 is 0 Å². The van der Waals surface area contributed by atoms with E-state index in [1.54, 1.807) is 0 Å². The Bertz CT molecular complexity index is 360. The standard InChI is InChI=1S/C10H11NOSe/c1-10(2)7-5-3-4-6-8(7)13-11-9(10)12/h3-6H,1-2H3,(H,11,12). The van der Waals surface area contributed by atoms with Gasteiger partial charge in [-0.1, -0.05) is 0 Å². The van der Waals surface area contributed by atoms with E-state index in [2.05, 4.69) is 16.5 Å². The van der Waals surface area contributed by atoms with Crippen molar-refractivity contribution in [1.82, 2.24) is 4.33 Å². The van der Waals surface area contributed by atoms with Crippen molar-refractivity contribution in [2.75, 3.05) is 0 Å². The second kappa shape index (κ2) is 2.86. The van der Waals surface area contributed by atoms with Gasteiger partial charge in [-0.25, -0.2) is 0 Å². The van der Waals surface area contributed by atoms with E-state index >= 15 is 0 Å². The molecule has 2 nitrogen and oxygen atoms in total. The molecule has 0 aliphatic carbocycles. The summed E-state index contributed by atoms with van der Waals surface area (Å²) in [5.41, 5.74) is 0.815. The van der Waals surface area contributed by atoms with Gasteiger partial charge in [0, 0.05) is 0 Å². The van der Waals surface area contributed by atoms with Gasteiger partial charge in [0.05, 0.1) is 0 Å². The molecule has 1 heterocycles. The quantitative estimate of drug-likeness (QED) is 0.651. The molecule has 1 aliphatic rings. The van der Waals surface area contributed by atoms with E-state index in [-0.39, 0.29) is 26.5 Å². The first-order valence-corrected chi connectivity index (χ1v) is 5.90. The van der Waals surface area contributed by atoms with Crippen molar-refractivity contribution < 1.29 is 4.79 Å². The molecule has 1 aromatic rings. The van der Waals surface area contributed by atoms with Crippen LogP contribution in [-0.4, -0.2) is 21.1 Å². The van der Waals surface area contributed by atoms with Crippen molar-refractivity contribution in [3.63, 3.8) is 0 Å². The summed E-state index contributed by atoms with van der Waals surface area (Å²) in [5, 5.41) is 0. The first-order valence-electron chi connectivity index (χ1n) is 4.19. The Balaban J connectivity index is 2.59. The van der Waals surface area contributed by atoms with Gasteiger partial charge in [-0.15, -0.1) is 0 Å². The van der Waals surface area contributed by atoms with Gasteiger partial charge in [-0.3, -0.25) is 0 Å². The van der Waals surface area contributed by atoms with Gasteiger partial charge in [0.2, 0.25) is 0 Å². The zero-order valence-corrected chi connectivity index (χ0v) is 9.34. The molecule has 2 rings (SSSR count). The van der Waals surface area contributed by atoms with E-state index in [0.29, 0.717) is 0 Å². The van der Waals surface area contributed by atoms with E-state index in [1.165, 1.54) is 10.0 Å². The third-order valence-electron chi connectivity index (χ3n) is 2.38. The molecule has 0 unspecified atom stereocenters. The summed E-state index contributed by atoms with van der Waals surface area (Å²) >= 11 is 0.114. The minimum atomic E-state index is -0.364. The Morgan fingerprint density at radius 2 is 2.00 bits per heavy atom. The van der Waals surface area contributed by atoms with Crippen molar-refractivity contribution >= 4 is 25.5 Å². The second-order valence-electron chi connectivity index (χ2n) is 3.65. The van der Waals surface area contributed by atoms with Crippen molar-refractivity contribution in [2.24, 2.45) is 0 Å². The fourth-order valence-corrected chi connectivity index (χ4v) is 3.60. The minimum absolute atomic E-state index is 0.114. The zero-order chi connectivity index (χ0) is 9.47.